The van der Waals surface area contributed by atoms with Gasteiger partial charge in [0.05, 0.1) is 11.0 Å². The number of carbonyl (C=O) groups is 3. The lowest BCUT2D eigenvalue weighted by Gasteiger charge is -2.61. The third-order valence-corrected chi connectivity index (χ3v) is 7.03. The van der Waals surface area contributed by atoms with Crippen molar-refractivity contribution in [2.75, 3.05) is 0 Å². The van der Waals surface area contributed by atoms with Gasteiger partial charge in [-0.2, -0.15) is 0 Å². The maximum atomic E-state index is 13.6. The van der Waals surface area contributed by atoms with Crippen LogP contribution in [0.3, 0.4) is 0 Å². The van der Waals surface area contributed by atoms with E-state index in [9.17, 15) is 19.5 Å². The molecule has 2 fully saturated rings. The van der Waals surface area contributed by atoms with E-state index in [1.165, 1.54) is 18.2 Å². The fraction of sp³-hybridized carbons (Fsp3) is 0.450. The van der Waals surface area contributed by atoms with Crippen molar-refractivity contribution in [1.82, 2.24) is 0 Å². The first-order chi connectivity index (χ1) is 11.8. The number of carbonyl (C=O) groups excluding carboxylic acids is 3. The molecule has 0 aromatic heterocycles. The fourth-order valence-electron chi connectivity index (χ4n) is 5.73. The van der Waals surface area contributed by atoms with E-state index in [-0.39, 0.29) is 34.5 Å². The van der Waals surface area contributed by atoms with Gasteiger partial charge in [-0.15, -0.1) is 0 Å². The van der Waals surface area contributed by atoms with Crippen LogP contribution in [0.4, 0.5) is 0 Å². The topological polar surface area (TPSA) is 80.7 Å². The van der Waals surface area contributed by atoms with Crippen LogP contribution in [0.2, 0.25) is 0 Å². The molecular weight excluding hydrogens is 320 g/mol. The minimum atomic E-state index is -1.59. The Balaban J connectivity index is 1.88. The molecule has 5 aliphatic rings. The number of hydrogen-bond acceptors (Lipinski definition) is 5. The number of hydrogen-bond donors (Lipinski definition) is 1. The second-order valence-corrected chi connectivity index (χ2v) is 8.14. The number of phenols is 1. The van der Waals surface area contributed by atoms with Gasteiger partial charge in [0, 0.05) is 22.6 Å². The maximum Gasteiger partial charge on any atom is 0.201 e. The molecule has 2 aliphatic heterocycles. The summed E-state index contributed by atoms with van der Waals surface area (Å²) < 4.78 is 6.39. The van der Waals surface area contributed by atoms with Crippen LogP contribution in [-0.2, 0) is 9.53 Å². The van der Waals surface area contributed by atoms with Crippen LogP contribution >= 0.6 is 0 Å². The Morgan fingerprint density at radius 2 is 2.00 bits per heavy atom. The lowest BCUT2D eigenvalue weighted by molar-refractivity contribution is -0.219. The first-order valence-electron chi connectivity index (χ1n) is 8.60. The van der Waals surface area contributed by atoms with Crippen molar-refractivity contribution in [3.63, 3.8) is 0 Å². The van der Waals surface area contributed by atoms with Gasteiger partial charge in [0.25, 0.3) is 0 Å². The molecule has 5 nitrogen and oxygen atoms in total. The summed E-state index contributed by atoms with van der Waals surface area (Å²) in [6.45, 7) is 3.71. The number of fused-ring (bicyclic) bond motifs is 1. The molecule has 6 rings (SSSR count). The van der Waals surface area contributed by atoms with Crippen molar-refractivity contribution in [3.05, 3.63) is 41.0 Å². The van der Waals surface area contributed by atoms with E-state index < -0.39 is 22.4 Å². The number of Topliss-reactive ketones (excluding diaryl/α,β-unsaturated/α-hetero) is 2. The van der Waals surface area contributed by atoms with Crippen molar-refractivity contribution < 1.29 is 24.2 Å². The SMILES string of the molecule is C[C@@]12CC[C@H]3[C@H]1C=C1C(=O)c4ccc(O)cc4C(=O)[C@]1(O2)[C@@]3(C)C=O. The van der Waals surface area contributed by atoms with E-state index in [4.69, 9.17) is 4.74 Å². The molecule has 25 heavy (non-hydrogen) atoms. The molecule has 0 unspecified atom stereocenters. The summed E-state index contributed by atoms with van der Waals surface area (Å²) in [4.78, 5) is 38.9. The number of ketones is 2. The third kappa shape index (κ3) is 1.36. The summed E-state index contributed by atoms with van der Waals surface area (Å²) in [5, 5.41) is 9.82. The van der Waals surface area contributed by atoms with Gasteiger partial charge in [-0.05, 0) is 50.8 Å². The van der Waals surface area contributed by atoms with Gasteiger partial charge in [-0.3, -0.25) is 9.59 Å². The first kappa shape index (κ1) is 15.0. The van der Waals surface area contributed by atoms with E-state index in [2.05, 4.69) is 0 Å². The van der Waals surface area contributed by atoms with Crippen molar-refractivity contribution >= 4 is 17.9 Å². The standard InChI is InChI=1S/C20H18O5/c1-18(9-21)13-5-6-19(2)14(13)8-15-16(23)11-4-3-10(22)7-12(11)17(24)20(15,18)25-19/h3-4,7-9,13-14,22H,5-6H2,1-2H3/t13-,14+,18-,19+,20-/m0/s1. The van der Waals surface area contributed by atoms with E-state index in [1.54, 1.807) is 6.92 Å². The molecule has 1 saturated heterocycles. The summed E-state index contributed by atoms with van der Waals surface area (Å²) in [5.41, 5.74) is -2.52. The van der Waals surface area contributed by atoms with Crippen molar-refractivity contribution in [2.24, 2.45) is 17.3 Å². The van der Waals surface area contributed by atoms with E-state index >= 15 is 0 Å². The maximum absolute atomic E-state index is 13.6. The lowest BCUT2D eigenvalue weighted by Crippen LogP contribution is -2.72. The smallest absolute Gasteiger partial charge is 0.201 e. The Morgan fingerprint density at radius 3 is 2.72 bits per heavy atom. The summed E-state index contributed by atoms with van der Waals surface area (Å²) in [6.07, 6.45) is 4.24. The van der Waals surface area contributed by atoms with E-state index in [0.717, 1.165) is 19.1 Å². The average molecular weight is 338 g/mol. The highest BCUT2D eigenvalue weighted by Crippen LogP contribution is 2.68. The predicted molar refractivity (Wildman–Crippen MR) is 87.5 cm³/mol. The zero-order valence-electron chi connectivity index (χ0n) is 14.0. The van der Waals surface area contributed by atoms with E-state index in [0.29, 0.717) is 5.57 Å². The summed E-state index contributed by atoms with van der Waals surface area (Å²) in [6, 6.07) is 4.17. The van der Waals surface area contributed by atoms with Gasteiger partial charge < -0.3 is 14.6 Å². The molecular formula is C20H18O5. The molecule has 128 valence electrons. The largest absolute Gasteiger partial charge is 0.508 e. The molecule has 5 atom stereocenters. The zero-order chi connectivity index (χ0) is 17.8. The zero-order valence-corrected chi connectivity index (χ0v) is 14.0. The van der Waals surface area contributed by atoms with Crippen molar-refractivity contribution in [2.45, 2.75) is 37.9 Å². The van der Waals surface area contributed by atoms with Crippen molar-refractivity contribution in [3.8, 4) is 5.75 Å². The third-order valence-electron chi connectivity index (χ3n) is 7.03. The van der Waals surface area contributed by atoms with E-state index in [1.807, 2.05) is 13.0 Å². The minimum Gasteiger partial charge on any atom is -0.508 e. The number of aldehydes is 1. The molecule has 5 heteroatoms. The number of phenolic OH excluding ortho intramolecular Hbond substituents is 1. The number of aromatic hydroxyl groups is 1. The Bertz CT molecular complexity index is 915. The number of benzene rings is 1. The fourth-order valence-corrected chi connectivity index (χ4v) is 5.73. The molecule has 1 aromatic carbocycles. The molecule has 0 amide bonds. The molecule has 4 bridgehead atoms. The highest BCUT2D eigenvalue weighted by Gasteiger charge is 2.76. The Kier molecular flexibility index (Phi) is 2.46. The normalized spacial score (nSPS) is 43.5. The molecule has 1 spiro atoms. The lowest BCUT2D eigenvalue weighted by atomic mass is 9.49. The molecule has 1 N–H and O–H groups in total. The highest BCUT2D eigenvalue weighted by atomic mass is 16.5. The van der Waals surface area contributed by atoms with Gasteiger partial charge in [0.2, 0.25) is 5.78 Å². The molecule has 0 radical (unpaired) electrons. The van der Waals surface area contributed by atoms with Crippen LogP contribution in [-0.4, -0.2) is 34.2 Å². The molecule has 1 saturated carbocycles. The predicted octanol–water partition coefficient (Wildman–Crippen LogP) is 2.47. The van der Waals surface area contributed by atoms with Crippen LogP contribution in [0.25, 0.3) is 0 Å². The second kappa shape index (κ2) is 4.10. The number of ether oxygens (including phenoxy) is 1. The van der Waals surface area contributed by atoms with Crippen LogP contribution in [0, 0.1) is 17.3 Å². The van der Waals surface area contributed by atoms with Gasteiger partial charge in [-0.25, -0.2) is 0 Å². The summed E-state index contributed by atoms with van der Waals surface area (Å²) in [7, 11) is 0. The molecule has 2 heterocycles. The monoisotopic (exact) mass is 338 g/mol. The first-order valence-corrected chi connectivity index (χ1v) is 8.60. The Morgan fingerprint density at radius 1 is 1.24 bits per heavy atom. The molecule has 1 aromatic rings. The van der Waals surface area contributed by atoms with Crippen LogP contribution in [0.1, 0.15) is 47.4 Å². The van der Waals surface area contributed by atoms with Crippen LogP contribution in [0.5, 0.6) is 5.75 Å². The molecule has 3 aliphatic carbocycles. The van der Waals surface area contributed by atoms with Gasteiger partial charge in [0.15, 0.2) is 11.4 Å². The average Bonchev–Trinajstić information content (AvgIpc) is 2.89. The quantitative estimate of drug-likeness (QED) is 0.796. The van der Waals surface area contributed by atoms with Gasteiger partial charge in [0.1, 0.15) is 12.0 Å². The summed E-state index contributed by atoms with van der Waals surface area (Å²) >= 11 is 0. The number of rotatable bonds is 1. The van der Waals surface area contributed by atoms with Crippen LogP contribution in [0.15, 0.2) is 29.8 Å². The van der Waals surface area contributed by atoms with Gasteiger partial charge in [-0.1, -0.05) is 6.08 Å². The highest BCUT2D eigenvalue weighted by molar-refractivity contribution is 6.28. The van der Waals surface area contributed by atoms with Crippen LogP contribution < -0.4 is 0 Å². The summed E-state index contributed by atoms with van der Waals surface area (Å²) in [5.74, 6) is -0.835. The second-order valence-electron chi connectivity index (χ2n) is 8.14. The van der Waals surface area contributed by atoms with Crippen molar-refractivity contribution in [1.29, 1.82) is 0 Å². The Hall–Kier alpha value is -2.27. The Labute approximate surface area is 144 Å². The minimum absolute atomic E-state index is 0.0249. The van der Waals surface area contributed by atoms with Gasteiger partial charge >= 0.3 is 0 Å².